The van der Waals surface area contributed by atoms with Crippen molar-refractivity contribution in [2.45, 2.75) is 44.3 Å². The SMILES string of the molecule is CC1OC(C)C(c2nnc(C(Cl)c3ccccc3)o2)C1C. The fraction of sp³-hybridized carbons (Fsp3) is 0.500. The molecule has 1 aliphatic rings. The zero-order chi connectivity index (χ0) is 15.0. The van der Waals surface area contributed by atoms with Gasteiger partial charge in [-0.2, -0.15) is 0 Å². The Labute approximate surface area is 129 Å². The lowest BCUT2D eigenvalue weighted by Crippen LogP contribution is -2.15. The quantitative estimate of drug-likeness (QED) is 0.806. The van der Waals surface area contributed by atoms with Gasteiger partial charge in [-0.15, -0.1) is 21.8 Å². The number of aromatic nitrogens is 2. The number of nitrogens with zero attached hydrogens (tertiary/aromatic N) is 2. The van der Waals surface area contributed by atoms with Gasteiger partial charge in [0.2, 0.25) is 11.8 Å². The Bertz CT molecular complexity index is 601. The average molecular weight is 307 g/mol. The molecule has 2 heterocycles. The van der Waals surface area contributed by atoms with Gasteiger partial charge in [0, 0.05) is 0 Å². The molecule has 1 aliphatic heterocycles. The molecule has 21 heavy (non-hydrogen) atoms. The third-order valence-corrected chi connectivity index (χ3v) is 4.73. The van der Waals surface area contributed by atoms with Gasteiger partial charge in [-0.1, -0.05) is 37.3 Å². The third kappa shape index (κ3) is 2.70. The molecule has 1 aromatic heterocycles. The van der Waals surface area contributed by atoms with Gasteiger partial charge < -0.3 is 9.15 Å². The van der Waals surface area contributed by atoms with Crippen molar-refractivity contribution in [3.8, 4) is 0 Å². The standard InChI is InChI=1S/C16H19ClN2O2/c1-9-10(2)20-11(3)13(9)15-18-19-16(21-15)14(17)12-7-5-4-6-8-12/h4-11,13-14H,1-3H3. The summed E-state index contributed by atoms with van der Waals surface area (Å²) in [6.45, 7) is 6.27. The highest BCUT2D eigenvalue weighted by molar-refractivity contribution is 6.22. The van der Waals surface area contributed by atoms with E-state index in [0.29, 0.717) is 17.7 Å². The second-order valence-electron chi connectivity index (χ2n) is 5.68. The topological polar surface area (TPSA) is 48.2 Å². The van der Waals surface area contributed by atoms with E-state index >= 15 is 0 Å². The van der Waals surface area contributed by atoms with Crippen LogP contribution in [-0.2, 0) is 4.74 Å². The molecule has 1 saturated heterocycles. The smallest absolute Gasteiger partial charge is 0.238 e. The summed E-state index contributed by atoms with van der Waals surface area (Å²) in [6.07, 6.45) is 0.273. The van der Waals surface area contributed by atoms with Crippen molar-refractivity contribution in [2.24, 2.45) is 5.92 Å². The Balaban J connectivity index is 1.84. The van der Waals surface area contributed by atoms with Crippen LogP contribution < -0.4 is 0 Å². The summed E-state index contributed by atoms with van der Waals surface area (Å²) >= 11 is 6.43. The molecule has 0 radical (unpaired) electrons. The normalized spacial score (nSPS) is 30.5. The molecule has 5 unspecified atom stereocenters. The number of hydrogen-bond acceptors (Lipinski definition) is 4. The minimum Gasteiger partial charge on any atom is -0.423 e. The molecule has 5 heteroatoms. The van der Waals surface area contributed by atoms with Crippen LogP contribution in [0, 0.1) is 5.92 Å². The molecular weight excluding hydrogens is 288 g/mol. The van der Waals surface area contributed by atoms with Crippen molar-refractivity contribution in [1.29, 1.82) is 0 Å². The molecule has 0 N–H and O–H groups in total. The van der Waals surface area contributed by atoms with Crippen LogP contribution in [0.4, 0.5) is 0 Å². The van der Waals surface area contributed by atoms with Crippen LogP contribution in [0.15, 0.2) is 34.7 Å². The van der Waals surface area contributed by atoms with Gasteiger partial charge >= 0.3 is 0 Å². The lowest BCUT2D eigenvalue weighted by atomic mass is 9.89. The lowest BCUT2D eigenvalue weighted by Gasteiger charge is -2.13. The highest BCUT2D eigenvalue weighted by Gasteiger charge is 2.41. The molecule has 0 aliphatic carbocycles. The van der Waals surface area contributed by atoms with Gasteiger partial charge in [-0.05, 0) is 25.3 Å². The van der Waals surface area contributed by atoms with E-state index in [1.165, 1.54) is 0 Å². The summed E-state index contributed by atoms with van der Waals surface area (Å²) in [5.41, 5.74) is 0.950. The molecule has 112 valence electrons. The summed E-state index contributed by atoms with van der Waals surface area (Å²) in [6, 6.07) is 9.74. The maximum atomic E-state index is 6.43. The van der Waals surface area contributed by atoms with E-state index < -0.39 is 5.38 Å². The van der Waals surface area contributed by atoms with E-state index in [-0.39, 0.29) is 18.1 Å². The summed E-state index contributed by atoms with van der Waals surface area (Å²) in [4.78, 5) is 0. The van der Waals surface area contributed by atoms with Crippen LogP contribution in [0.3, 0.4) is 0 Å². The molecule has 3 rings (SSSR count). The first-order valence-electron chi connectivity index (χ1n) is 7.25. The summed E-state index contributed by atoms with van der Waals surface area (Å²) in [7, 11) is 0. The zero-order valence-electron chi connectivity index (χ0n) is 12.4. The molecule has 0 bridgehead atoms. The zero-order valence-corrected chi connectivity index (χ0v) is 13.1. The van der Waals surface area contributed by atoms with Gasteiger partial charge in [0.25, 0.3) is 0 Å². The molecule has 1 aromatic carbocycles. The molecule has 0 spiro atoms. The molecule has 1 fully saturated rings. The van der Waals surface area contributed by atoms with Crippen LogP contribution in [0.1, 0.15) is 49.4 Å². The second kappa shape index (κ2) is 5.78. The van der Waals surface area contributed by atoms with E-state index in [4.69, 9.17) is 20.8 Å². The molecule has 0 amide bonds. The van der Waals surface area contributed by atoms with Crippen LogP contribution in [-0.4, -0.2) is 22.4 Å². The van der Waals surface area contributed by atoms with Crippen molar-refractivity contribution >= 4 is 11.6 Å². The molecule has 5 atom stereocenters. The first-order valence-corrected chi connectivity index (χ1v) is 7.69. The maximum absolute atomic E-state index is 6.43. The van der Waals surface area contributed by atoms with Crippen molar-refractivity contribution < 1.29 is 9.15 Å². The highest BCUT2D eigenvalue weighted by Crippen LogP contribution is 2.40. The highest BCUT2D eigenvalue weighted by atomic mass is 35.5. The van der Waals surface area contributed by atoms with Crippen LogP contribution in [0.25, 0.3) is 0 Å². The third-order valence-electron chi connectivity index (χ3n) is 4.29. The van der Waals surface area contributed by atoms with E-state index in [2.05, 4.69) is 24.0 Å². The number of ether oxygens (including phenoxy) is 1. The fourth-order valence-electron chi connectivity index (χ4n) is 2.94. The number of benzene rings is 1. The summed E-state index contributed by atoms with van der Waals surface area (Å²) in [5, 5.41) is 7.91. The van der Waals surface area contributed by atoms with Gasteiger partial charge in [0.05, 0.1) is 18.1 Å². The largest absolute Gasteiger partial charge is 0.423 e. The van der Waals surface area contributed by atoms with Crippen molar-refractivity contribution in [2.75, 3.05) is 0 Å². The molecule has 0 saturated carbocycles. The fourth-order valence-corrected chi connectivity index (χ4v) is 3.17. The molecule has 4 nitrogen and oxygen atoms in total. The molecule has 2 aromatic rings. The van der Waals surface area contributed by atoms with E-state index in [0.717, 1.165) is 5.56 Å². The lowest BCUT2D eigenvalue weighted by molar-refractivity contribution is 0.0544. The molecular formula is C16H19ClN2O2. The van der Waals surface area contributed by atoms with Crippen molar-refractivity contribution in [1.82, 2.24) is 10.2 Å². The Morgan fingerprint density at radius 2 is 1.76 bits per heavy atom. The summed E-state index contributed by atoms with van der Waals surface area (Å²) < 4.78 is 11.7. The van der Waals surface area contributed by atoms with Crippen LogP contribution >= 0.6 is 11.6 Å². The monoisotopic (exact) mass is 306 g/mol. The van der Waals surface area contributed by atoms with Crippen LogP contribution in [0.2, 0.25) is 0 Å². The number of alkyl halides is 1. The van der Waals surface area contributed by atoms with Gasteiger partial charge in [-0.25, -0.2) is 0 Å². The Morgan fingerprint density at radius 3 is 2.38 bits per heavy atom. The maximum Gasteiger partial charge on any atom is 0.238 e. The van der Waals surface area contributed by atoms with E-state index in [1.807, 2.05) is 37.3 Å². The number of rotatable bonds is 3. The minimum absolute atomic E-state index is 0.0776. The predicted molar refractivity (Wildman–Crippen MR) is 80.4 cm³/mol. The van der Waals surface area contributed by atoms with Crippen LogP contribution in [0.5, 0.6) is 0 Å². The minimum atomic E-state index is -0.419. The number of hydrogen-bond donors (Lipinski definition) is 0. The van der Waals surface area contributed by atoms with Crippen molar-refractivity contribution in [3.63, 3.8) is 0 Å². The Morgan fingerprint density at radius 1 is 1.05 bits per heavy atom. The first kappa shape index (κ1) is 14.5. The Kier molecular flexibility index (Phi) is 4.00. The summed E-state index contributed by atoms with van der Waals surface area (Å²) in [5.74, 6) is 1.53. The van der Waals surface area contributed by atoms with E-state index in [1.54, 1.807) is 0 Å². The van der Waals surface area contributed by atoms with Crippen molar-refractivity contribution in [3.05, 3.63) is 47.7 Å². The van der Waals surface area contributed by atoms with E-state index in [9.17, 15) is 0 Å². The number of halogens is 1. The first-order chi connectivity index (χ1) is 10.1. The average Bonchev–Trinajstić information content (AvgIpc) is 3.05. The van der Waals surface area contributed by atoms with Gasteiger partial charge in [0.1, 0.15) is 5.38 Å². The predicted octanol–water partition coefficient (Wildman–Crippen LogP) is 3.92. The Hall–Kier alpha value is -1.39. The second-order valence-corrected chi connectivity index (χ2v) is 6.12. The van der Waals surface area contributed by atoms with Gasteiger partial charge in [0.15, 0.2) is 0 Å². The van der Waals surface area contributed by atoms with Gasteiger partial charge in [-0.3, -0.25) is 0 Å².